The molecule has 0 N–H and O–H groups in total. The summed E-state index contributed by atoms with van der Waals surface area (Å²) in [5, 5.41) is 17.5. The van der Waals surface area contributed by atoms with Crippen LogP contribution >= 0.6 is 11.3 Å². The van der Waals surface area contributed by atoms with Gasteiger partial charge in [0.25, 0.3) is 5.88 Å². The average molecular weight is 323 g/mol. The monoisotopic (exact) mass is 323 g/mol. The molecule has 110 valence electrons. The van der Waals surface area contributed by atoms with E-state index in [4.69, 9.17) is 9.44 Å². The smallest absolute Gasteiger partial charge is 0.314 e. The Hall–Kier alpha value is -1.98. The first kappa shape index (κ1) is 15.4. The molecule has 0 saturated heterocycles. The maximum Gasteiger partial charge on any atom is 0.314 e. The maximum atomic E-state index is 12.0. The molecule has 0 radical (unpaired) electrons. The summed E-state index contributed by atoms with van der Waals surface area (Å²) in [5.74, 6) is -0.0113. The quantitative estimate of drug-likeness (QED) is 0.785. The summed E-state index contributed by atoms with van der Waals surface area (Å²) in [6.45, 7) is 4.10. The lowest BCUT2D eigenvalue weighted by molar-refractivity contribution is 0.470. The standard InChI is InChI=1S/C13H13N3O3S2/c1-9(2)12-5-10(7-20-12)8-21(17,18)19-13-4-3-11(6-14)15-16-13/h3-5,7,9H,8H2,1-2H3. The van der Waals surface area contributed by atoms with Crippen molar-refractivity contribution in [3.8, 4) is 11.9 Å². The highest BCUT2D eigenvalue weighted by molar-refractivity contribution is 7.86. The molecule has 0 aliphatic rings. The van der Waals surface area contributed by atoms with Crippen molar-refractivity contribution in [1.82, 2.24) is 10.2 Å². The molecule has 2 aromatic heterocycles. The van der Waals surface area contributed by atoms with Crippen LogP contribution in [0.4, 0.5) is 0 Å². The molecule has 2 aromatic rings. The summed E-state index contributed by atoms with van der Waals surface area (Å²) in [5.41, 5.74) is 0.782. The third-order valence-corrected chi connectivity index (χ3v) is 4.95. The Kier molecular flexibility index (Phi) is 4.55. The van der Waals surface area contributed by atoms with Gasteiger partial charge in [-0.15, -0.1) is 21.5 Å². The zero-order chi connectivity index (χ0) is 15.5. The summed E-state index contributed by atoms with van der Waals surface area (Å²) in [6, 6.07) is 6.30. The van der Waals surface area contributed by atoms with Gasteiger partial charge in [-0.2, -0.15) is 13.7 Å². The highest BCUT2D eigenvalue weighted by atomic mass is 32.2. The van der Waals surface area contributed by atoms with Crippen LogP contribution in [0.25, 0.3) is 0 Å². The lowest BCUT2D eigenvalue weighted by atomic mass is 10.2. The molecule has 2 rings (SSSR count). The van der Waals surface area contributed by atoms with E-state index < -0.39 is 10.1 Å². The van der Waals surface area contributed by atoms with E-state index in [1.165, 1.54) is 23.5 Å². The molecular weight excluding hydrogens is 310 g/mol. The normalized spacial score (nSPS) is 11.3. The van der Waals surface area contributed by atoms with Crippen molar-refractivity contribution in [2.24, 2.45) is 0 Å². The number of nitriles is 1. The van der Waals surface area contributed by atoms with Crippen LogP contribution in [-0.4, -0.2) is 18.6 Å². The van der Waals surface area contributed by atoms with Gasteiger partial charge in [0.05, 0.1) is 0 Å². The molecule has 0 aliphatic carbocycles. The molecule has 0 amide bonds. The van der Waals surface area contributed by atoms with Gasteiger partial charge in [-0.05, 0) is 29.0 Å². The minimum absolute atomic E-state index is 0.0964. The topological polar surface area (TPSA) is 92.9 Å². The van der Waals surface area contributed by atoms with Gasteiger partial charge in [0.15, 0.2) is 5.69 Å². The van der Waals surface area contributed by atoms with E-state index in [-0.39, 0.29) is 17.3 Å². The Morgan fingerprint density at radius 1 is 1.38 bits per heavy atom. The molecule has 0 atom stereocenters. The van der Waals surface area contributed by atoms with E-state index in [2.05, 4.69) is 10.2 Å². The van der Waals surface area contributed by atoms with E-state index in [9.17, 15) is 8.42 Å². The lowest BCUT2D eigenvalue weighted by Crippen LogP contribution is -2.13. The number of hydrogen-bond donors (Lipinski definition) is 0. The first-order chi connectivity index (χ1) is 9.89. The molecule has 0 aliphatic heterocycles. The lowest BCUT2D eigenvalue weighted by Gasteiger charge is -2.04. The average Bonchev–Trinajstić information content (AvgIpc) is 2.87. The highest BCUT2D eigenvalue weighted by Gasteiger charge is 2.17. The van der Waals surface area contributed by atoms with Gasteiger partial charge in [0, 0.05) is 10.9 Å². The Bertz CT molecular complexity index is 759. The largest absolute Gasteiger partial charge is 0.360 e. The van der Waals surface area contributed by atoms with Crippen LogP contribution in [0.1, 0.15) is 35.9 Å². The van der Waals surface area contributed by atoms with E-state index in [0.29, 0.717) is 11.5 Å². The van der Waals surface area contributed by atoms with Gasteiger partial charge >= 0.3 is 10.1 Å². The second-order valence-electron chi connectivity index (χ2n) is 4.67. The summed E-state index contributed by atoms with van der Waals surface area (Å²) < 4.78 is 28.8. The van der Waals surface area contributed by atoms with Gasteiger partial charge < -0.3 is 4.18 Å². The number of thiophene rings is 1. The van der Waals surface area contributed by atoms with Crippen LogP contribution in [0.3, 0.4) is 0 Å². The van der Waals surface area contributed by atoms with Crippen LogP contribution in [0.15, 0.2) is 23.6 Å². The number of rotatable bonds is 5. The van der Waals surface area contributed by atoms with Crippen molar-refractivity contribution in [1.29, 1.82) is 5.26 Å². The molecular formula is C13H13N3O3S2. The number of hydrogen-bond acceptors (Lipinski definition) is 7. The zero-order valence-electron chi connectivity index (χ0n) is 11.5. The first-order valence-electron chi connectivity index (χ1n) is 6.13. The molecule has 6 nitrogen and oxygen atoms in total. The minimum Gasteiger partial charge on any atom is -0.360 e. The van der Waals surface area contributed by atoms with Crippen molar-refractivity contribution in [3.63, 3.8) is 0 Å². The Morgan fingerprint density at radius 2 is 2.14 bits per heavy atom. The van der Waals surface area contributed by atoms with Crippen molar-refractivity contribution >= 4 is 21.5 Å². The molecule has 0 unspecified atom stereocenters. The third kappa shape index (κ3) is 4.24. The molecule has 0 fully saturated rings. The fraction of sp³-hybridized carbons (Fsp3) is 0.308. The van der Waals surface area contributed by atoms with E-state index in [0.717, 1.165) is 4.88 Å². The van der Waals surface area contributed by atoms with Gasteiger partial charge in [-0.1, -0.05) is 13.8 Å². The van der Waals surface area contributed by atoms with Gasteiger partial charge in [0.2, 0.25) is 0 Å². The summed E-state index contributed by atoms with van der Waals surface area (Å²) in [7, 11) is -3.80. The predicted octanol–water partition coefficient (Wildman–Crippen LogP) is 2.44. The summed E-state index contributed by atoms with van der Waals surface area (Å²) in [4.78, 5) is 1.12. The summed E-state index contributed by atoms with van der Waals surface area (Å²) >= 11 is 1.53. The predicted molar refractivity (Wildman–Crippen MR) is 78.4 cm³/mol. The third-order valence-electron chi connectivity index (χ3n) is 2.55. The highest BCUT2D eigenvalue weighted by Crippen LogP contribution is 2.24. The fourth-order valence-corrected chi connectivity index (χ4v) is 3.58. The van der Waals surface area contributed by atoms with Crippen molar-refractivity contribution in [2.75, 3.05) is 0 Å². The maximum absolute atomic E-state index is 12.0. The van der Waals surface area contributed by atoms with E-state index >= 15 is 0 Å². The Morgan fingerprint density at radius 3 is 2.67 bits per heavy atom. The minimum atomic E-state index is -3.80. The molecule has 0 aromatic carbocycles. The Labute approximate surface area is 127 Å². The van der Waals surface area contributed by atoms with Crippen LogP contribution < -0.4 is 4.18 Å². The number of nitrogens with zero attached hydrogens (tertiary/aromatic N) is 3. The fourth-order valence-electron chi connectivity index (χ4n) is 1.56. The summed E-state index contributed by atoms with van der Waals surface area (Å²) in [6.07, 6.45) is 0. The van der Waals surface area contributed by atoms with Crippen molar-refractivity contribution in [2.45, 2.75) is 25.5 Å². The molecule has 2 heterocycles. The van der Waals surface area contributed by atoms with Crippen LogP contribution in [0.5, 0.6) is 5.88 Å². The number of aromatic nitrogens is 2. The second kappa shape index (κ2) is 6.20. The van der Waals surface area contributed by atoms with Crippen LogP contribution in [0, 0.1) is 11.3 Å². The second-order valence-corrected chi connectivity index (χ2v) is 7.18. The van der Waals surface area contributed by atoms with Crippen LogP contribution in [-0.2, 0) is 15.9 Å². The Balaban J connectivity index is 2.08. The molecule has 8 heteroatoms. The zero-order valence-corrected chi connectivity index (χ0v) is 13.1. The molecule has 0 saturated carbocycles. The van der Waals surface area contributed by atoms with E-state index in [1.54, 1.807) is 11.4 Å². The van der Waals surface area contributed by atoms with Gasteiger partial charge in [-0.3, -0.25) is 0 Å². The van der Waals surface area contributed by atoms with Crippen molar-refractivity contribution < 1.29 is 12.6 Å². The van der Waals surface area contributed by atoms with E-state index in [1.807, 2.05) is 19.9 Å². The molecule has 0 spiro atoms. The molecule has 21 heavy (non-hydrogen) atoms. The van der Waals surface area contributed by atoms with Crippen LogP contribution in [0.2, 0.25) is 0 Å². The van der Waals surface area contributed by atoms with Gasteiger partial charge in [-0.25, -0.2) is 0 Å². The van der Waals surface area contributed by atoms with Crippen molar-refractivity contribution in [3.05, 3.63) is 39.7 Å². The molecule has 0 bridgehead atoms. The SMILES string of the molecule is CC(C)c1cc(CS(=O)(=O)Oc2ccc(C#N)nn2)cs1. The van der Waals surface area contributed by atoms with Gasteiger partial charge in [0.1, 0.15) is 11.8 Å². The first-order valence-corrected chi connectivity index (χ1v) is 8.58.